The molecular weight excluding hydrogens is 248 g/mol. The summed E-state index contributed by atoms with van der Waals surface area (Å²) in [5.41, 5.74) is 10.1. The van der Waals surface area contributed by atoms with Gasteiger partial charge in [0.05, 0.1) is 23.3 Å². The number of carbonyl (C=O) groups excluding carboxylic acids is 1. The van der Waals surface area contributed by atoms with Crippen molar-refractivity contribution in [3.05, 3.63) is 39.6 Å². The fourth-order valence-corrected chi connectivity index (χ4v) is 2.24. The summed E-state index contributed by atoms with van der Waals surface area (Å²) in [5.74, 6) is -0.215. The van der Waals surface area contributed by atoms with Crippen molar-refractivity contribution < 1.29 is 4.79 Å². The number of carbonyl (C=O) groups is 1. The van der Waals surface area contributed by atoms with Crippen LogP contribution in [-0.2, 0) is 6.54 Å². The molecule has 0 radical (unpaired) electrons. The van der Waals surface area contributed by atoms with Crippen LogP contribution in [0.25, 0.3) is 0 Å². The lowest BCUT2D eigenvalue weighted by Crippen LogP contribution is -2.24. The van der Waals surface area contributed by atoms with Crippen LogP contribution < -0.4 is 11.1 Å². The van der Waals surface area contributed by atoms with Gasteiger partial charge in [-0.3, -0.25) is 9.78 Å². The van der Waals surface area contributed by atoms with Gasteiger partial charge < -0.3 is 11.1 Å². The summed E-state index contributed by atoms with van der Waals surface area (Å²) in [6.45, 7) is 4.21. The van der Waals surface area contributed by atoms with Gasteiger partial charge in [0.1, 0.15) is 0 Å². The zero-order valence-electron chi connectivity index (χ0n) is 10.2. The molecule has 0 bridgehead atoms. The van der Waals surface area contributed by atoms with Gasteiger partial charge in [-0.25, -0.2) is 4.98 Å². The van der Waals surface area contributed by atoms with Gasteiger partial charge in [-0.2, -0.15) is 0 Å². The molecule has 5 nitrogen and oxygen atoms in total. The monoisotopic (exact) mass is 262 g/mol. The Hall–Kier alpha value is -1.95. The SMILES string of the molecule is Cc1cc(N)c(C(=O)NCc2scnc2C)cn1. The summed E-state index contributed by atoms with van der Waals surface area (Å²) < 4.78 is 0. The predicted molar refractivity (Wildman–Crippen MR) is 71.4 cm³/mol. The highest BCUT2D eigenvalue weighted by molar-refractivity contribution is 7.09. The maximum atomic E-state index is 11.9. The number of hydrogen-bond donors (Lipinski definition) is 2. The zero-order valence-corrected chi connectivity index (χ0v) is 11.0. The average molecular weight is 262 g/mol. The number of nitrogens with zero attached hydrogens (tertiary/aromatic N) is 2. The number of pyridine rings is 1. The molecule has 2 aromatic heterocycles. The Labute approximate surface area is 109 Å². The molecule has 0 atom stereocenters. The molecule has 18 heavy (non-hydrogen) atoms. The van der Waals surface area contributed by atoms with Gasteiger partial charge in [-0.1, -0.05) is 0 Å². The first-order valence-electron chi connectivity index (χ1n) is 5.47. The molecule has 0 aliphatic heterocycles. The molecule has 0 aliphatic rings. The van der Waals surface area contributed by atoms with Crippen LogP contribution in [0, 0.1) is 13.8 Å². The number of rotatable bonds is 3. The number of nitrogens with one attached hydrogen (secondary N) is 1. The number of thiazole rings is 1. The molecule has 2 rings (SSSR count). The minimum absolute atomic E-state index is 0.215. The number of aryl methyl sites for hydroxylation is 2. The van der Waals surface area contributed by atoms with Crippen molar-refractivity contribution in [2.24, 2.45) is 0 Å². The number of hydrogen-bond acceptors (Lipinski definition) is 5. The second kappa shape index (κ2) is 5.14. The molecule has 0 unspecified atom stereocenters. The Balaban J connectivity index is 2.06. The second-order valence-electron chi connectivity index (χ2n) is 3.96. The normalized spacial score (nSPS) is 10.3. The molecule has 94 valence electrons. The maximum Gasteiger partial charge on any atom is 0.255 e. The van der Waals surface area contributed by atoms with Gasteiger partial charge in [-0.15, -0.1) is 11.3 Å². The van der Waals surface area contributed by atoms with Crippen LogP contribution in [0.2, 0.25) is 0 Å². The molecule has 1 amide bonds. The third-order valence-electron chi connectivity index (χ3n) is 2.57. The highest BCUT2D eigenvalue weighted by atomic mass is 32.1. The lowest BCUT2D eigenvalue weighted by atomic mass is 10.2. The van der Waals surface area contributed by atoms with E-state index >= 15 is 0 Å². The van der Waals surface area contributed by atoms with Crippen molar-refractivity contribution in [2.45, 2.75) is 20.4 Å². The molecule has 0 fully saturated rings. The van der Waals surface area contributed by atoms with E-state index in [9.17, 15) is 4.79 Å². The fraction of sp³-hybridized carbons (Fsp3) is 0.250. The average Bonchev–Trinajstić information content (AvgIpc) is 2.72. The summed E-state index contributed by atoms with van der Waals surface area (Å²) in [6.07, 6.45) is 1.50. The van der Waals surface area contributed by atoms with Gasteiger partial charge in [0.15, 0.2) is 0 Å². The number of nitrogen functional groups attached to an aromatic ring is 1. The highest BCUT2D eigenvalue weighted by Crippen LogP contribution is 2.14. The summed E-state index contributed by atoms with van der Waals surface area (Å²) in [5, 5.41) is 2.81. The standard InChI is InChI=1S/C12H14N4OS/c1-7-3-10(13)9(4-14-7)12(17)15-5-11-8(2)16-6-18-11/h3-4,6H,5H2,1-2H3,(H2,13,14)(H,15,17). The summed E-state index contributed by atoms with van der Waals surface area (Å²) in [6, 6.07) is 1.69. The molecule has 0 aromatic carbocycles. The Morgan fingerprint density at radius 3 is 2.83 bits per heavy atom. The quantitative estimate of drug-likeness (QED) is 0.881. The van der Waals surface area contributed by atoms with Crippen molar-refractivity contribution >= 4 is 22.9 Å². The van der Waals surface area contributed by atoms with Crippen molar-refractivity contribution in [2.75, 3.05) is 5.73 Å². The first kappa shape index (κ1) is 12.5. The molecule has 0 aliphatic carbocycles. The summed E-state index contributed by atoms with van der Waals surface area (Å²) >= 11 is 1.52. The highest BCUT2D eigenvalue weighted by Gasteiger charge is 2.11. The largest absolute Gasteiger partial charge is 0.398 e. The van der Waals surface area contributed by atoms with Crippen LogP contribution in [-0.4, -0.2) is 15.9 Å². The zero-order chi connectivity index (χ0) is 13.1. The van der Waals surface area contributed by atoms with E-state index in [0.717, 1.165) is 16.3 Å². The smallest absolute Gasteiger partial charge is 0.255 e. The fourth-order valence-electron chi connectivity index (χ4n) is 1.52. The van der Waals surface area contributed by atoms with Gasteiger partial charge in [0.25, 0.3) is 5.91 Å². The van der Waals surface area contributed by atoms with E-state index in [1.165, 1.54) is 17.5 Å². The van der Waals surface area contributed by atoms with E-state index in [4.69, 9.17) is 5.73 Å². The molecule has 0 saturated heterocycles. The first-order valence-corrected chi connectivity index (χ1v) is 6.35. The van der Waals surface area contributed by atoms with Crippen LogP contribution in [0.4, 0.5) is 5.69 Å². The predicted octanol–water partition coefficient (Wildman–Crippen LogP) is 1.67. The number of nitrogens with two attached hydrogens (primary N) is 1. The van der Waals surface area contributed by atoms with Gasteiger partial charge in [0, 0.05) is 22.5 Å². The number of anilines is 1. The Morgan fingerprint density at radius 1 is 1.44 bits per heavy atom. The van der Waals surface area contributed by atoms with E-state index < -0.39 is 0 Å². The van der Waals surface area contributed by atoms with Crippen LogP contribution in [0.3, 0.4) is 0 Å². The van der Waals surface area contributed by atoms with Crippen molar-refractivity contribution in [1.29, 1.82) is 0 Å². The topological polar surface area (TPSA) is 80.9 Å². The molecule has 0 spiro atoms. The van der Waals surface area contributed by atoms with Crippen molar-refractivity contribution in [1.82, 2.24) is 15.3 Å². The van der Waals surface area contributed by atoms with Crippen molar-refractivity contribution in [3.63, 3.8) is 0 Å². The van der Waals surface area contributed by atoms with Crippen molar-refractivity contribution in [3.8, 4) is 0 Å². The van der Waals surface area contributed by atoms with E-state index in [2.05, 4.69) is 15.3 Å². The first-order chi connectivity index (χ1) is 8.58. The molecule has 3 N–H and O–H groups in total. The number of aromatic nitrogens is 2. The Morgan fingerprint density at radius 2 is 2.22 bits per heavy atom. The second-order valence-corrected chi connectivity index (χ2v) is 4.90. The minimum atomic E-state index is -0.215. The molecule has 2 heterocycles. The third kappa shape index (κ3) is 2.65. The van der Waals surface area contributed by atoms with E-state index in [1.807, 2.05) is 13.8 Å². The Bertz CT molecular complexity index is 579. The van der Waals surface area contributed by atoms with Crippen LogP contribution in [0.15, 0.2) is 17.8 Å². The van der Waals surface area contributed by atoms with Gasteiger partial charge >= 0.3 is 0 Å². The maximum absolute atomic E-state index is 11.9. The number of amides is 1. The molecule has 2 aromatic rings. The molecule has 6 heteroatoms. The van der Waals surface area contributed by atoms with Crippen LogP contribution in [0.5, 0.6) is 0 Å². The summed E-state index contributed by atoms with van der Waals surface area (Å²) in [4.78, 5) is 21.2. The third-order valence-corrected chi connectivity index (χ3v) is 3.51. The van der Waals surface area contributed by atoms with Gasteiger partial charge in [0.2, 0.25) is 0 Å². The van der Waals surface area contributed by atoms with E-state index in [1.54, 1.807) is 11.6 Å². The minimum Gasteiger partial charge on any atom is -0.398 e. The van der Waals surface area contributed by atoms with E-state index in [-0.39, 0.29) is 5.91 Å². The van der Waals surface area contributed by atoms with Gasteiger partial charge in [-0.05, 0) is 19.9 Å². The lowest BCUT2D eigenvalue weighted by molar-refractivity contribution is 0.0952. The van der Waals surface area contributed by atoms with Crippen LogP contribution >= 0.6 is 11.3 Å². The molecular formula is C12H14N4OS. The lowest BCUT2D eigenvalue weighted by Gasteiger charge is -2.07. The Kier molecular flexibility index (Phi) is 3.57. The van der Waals surface area contributed by atoms with E-state index in [0.29, 0.717) is 17.8 Å². The summed E-state index contributed by atoms with van der Waals surface area (Å²) in [7, 11) is 0. The molecule has 0 saturated carbocycles. The van der Waals surface area contributed by atoms with Crippen LogP contribution in [0.1, 0.15) is 26.6 Å².